The summed E-state index contributed by atoms with van der Waals surface area (Å²) in [5.74, 6) is -0.162. The van der Waals surface area contributed by atoms with Crippen molar-refractivity contribution >= 4 is 5.97 Å². The molecular formula is C12H16O5. The topological polar surface area (TPSA) is 76.0 Å². The maximum atomic E-state index is 10.8. The van der Waals surface area contributed by atoms with Crippen molar-refractivity contribution in [1.29, 1.82) is 0 Å². The highest BCUT2D eigenvalue weighted by atomic mass is 16.5. The smallest absolute Gasteiger partial charge is 0.335 e. The molecule has 2 N–H and O–H groups in total. The van der Waals surface area contributed by atoms with Crippen LogP contribution in [-0.2, 0) is 0 Å². The highest BCUT2D eigenvalue weighted by Crippen LogP contribution is 2.28. The Kier molecular flexibility index (Phi) is 4.78. The number of aliphatic hydroxyl groups is 1. The van der Waals surface area contributed by atoms with Crippen molar-refractivity contribution in [3.8, 4) is 11.5 Å². The Labute approximate surface area is 99.6 Å². The second-order valence-electron chi connectivity index (χ2n) is 3.77. The SMILES string of the molecule is COc1cc(C(=O)O)ccc1OCC(C)CO. The molecule has 0 fully saturated rings. The van der Waals surface area contributed by atoms with E-state index in [1.54, 1.807) is 6.07 Å². The van der Waals surface area contributed by atoms with E-state index in [2.05, 4.69) is 0 Å². The molecule has 1 aromatic rings. The zero-order valence-electron chi connectivity index (χ0n) is 9.84. The van der Waals surface area contributed by atoms with Crippen LogP contribution >= 0.6 is 0 Å². The second-order valence-corrected chi connectivity index (χ2v) is 3.77. The van der Waals surface area contributed by atoms with Crippen LogP contribution in [0.15, 0.2) is 18.2 Å². The summed E-state index contributed by atoms with van der Waals surface area (Å²) in [7, 11) is 1.45. The molecule has 0 spiro atoms. The molecule has 0 aliphatic rings. The molecule has 1 unspecified atom stereocenters. The summed E-state index contributed by atoms with van der Waals surface area (Å²) < 4.78 is 10.5. The van der Waals surface area contributed by atoms with Crippen molar-refractivity contribution in [3.05, 3.63) is 23.8 Å². The predicted molar refractivity (Wildman–Crippen MR) is 61.7 cm³/mol. The standard InChI is InChI=1S/C12H16O5/c1-8(6-13)7-17-10-4-3-9(12(14)15)5-11(10)16-2/h3-5,8,13H,6-7H2,1-2H3,(H,14,15). The van der Waals surface area contributed by atoms with Gasteiger partial charge in [0.05, 0.1) is 19.3 Å². The van der Waals surface area contributed by atoms with Crippen molar-refractivity contribution < 1.29 is 24.5 Å². The van der Waals surface area contributed by atoms with Crippen molar-refractivity contribution in [2.45, 2.75) is 6.92 Å². The fraction of sp³-hybridized carbons (Fsp3) is 0.417. The molecule has 5 heteroatoms. The highest BCUT2D eigenvalue weighted by Gasteiger charge is 2.11. The molecule has 0 amide bonds. The van der Waals surface area contributed by atoms with Crippen LogP contribution in [0.5, 0.6) is 11.5 Å². The molecule has 0 heterocycles. The van der Waals surface area contributed by atoms with Crippen LogP contribution < -0.4 is 9.47 Å². The number of hydrogen-bond acceptors (Lipinski definition) is 4. The van der Waals surface area contributed by atoms with Crippen LogP contribution in [0, 0.1) is 5.92 Å². The Morgan fingerprint density at radius 3 is 2.65 bits per heavy atom. The maximum absolute atomic E-state index is 10.8. The lowest BCUT2D eigenvalue weighted by atomic mass is 10.2. The average Bonchev–Trinajstić information content (AvgIpc) is 2.35. The van der Waals surface area contributed by atoms with Gasteiger partial charge in [-0.15, -0.1) is 0 Å². The van der Waals surface area contributed by atoms with Gasteiger partial charge in [-0.25, -0.2) is 4.79 Å². The van der Waals surface area contributed by atoms with E-state index in [1.165, 1.54) is 19.2 Å². The van der Waals surface area contributed by atoms with Gasteiger partial charge in [-0.1, -0.05) is 6.92 Å². The van der Waals surface area contributed by atoms with Gasteiger partial charge in [0.15, 0.2) is 11.5 Å². The number of aliphatic hydroxyl groups excluding tert-OH is 1. The zero-order chi connectivity index (χ0) is 12.8. The Hall–Kier alpha value is -1.75. The Bertz CT molecular complexity index is 388. The van der Waals surface area contributed by atoms with Gasteiger partial charge in [-0.05, 0) is 18.2 Å². The van der Waals surface area contributed by atoms with Gasteiger partial charge in [0.1, 0.15) is 0 Å². The Morgan fingerprint density at radius 2 is 2.12 bits per heavy atom. The summed E-state index contributed by atoms with van der Waals surface area (Å²) in [5, 5.41) is 17.7. The molecule has 0 radical (unpaired) electrons. The van der Waals surface area contributed by atoms with Crippen LogP contribution in [0.3, 0.4) is 0 Å². The van der Waals surface area contributed by atoms with Gasteiger partial charge in [0.25, 0.3) is 0 Å². The number of carboxylic acids is 1. The van der Waals surface area contributed by atoms with Crippen LogP contribution in [-0.4, -0.2) is 36.5 Å². The van der Waals surface area contributed by atoms with Gasteiger partial charge in [-0.2, -0.15) is 0 Å². The lowest BCUT2D eigenvalue weighted by molar-refractivity contribution is 0.0696. The third kappa shape index (κ3) is 3.64. The molecule has 0 saturated heterocycles. The first-order valence-corrected chi connectivity index (χ1v) is 5.23. The number of hydrogen-bond donors (Lipinski definition) is 2. The summed E-state index contributed by atoms with van der Waals surface area (Å²) in [6.45, 7) is 2.23. The van der Waals surface area contributed by atoms with E-state index in [9.17, 15) is 4.79 Å². The number of aromatic carboxylic acids is 1. The first-order chi connectivity index (χ1) is 8.08. The Morgan fingerprint density at radius 1 is 1.41 bits per heavy atom. The second kappa shape index (κ2) is 6.10. The molecule has 1 atom stereocenters. The van der Waals surface area contributed by atoms with Gasteiger partial charge in [-0.3, -0.25) is 0 Å². The van der Waals surface area contributed by atoms with Crippen molar-refractivity contribution in [3.63, 3.8) is 0 Å². The summed E-state index contributed by atoms with van der Waals surface area (Å²) in [6, 6.07) is 4.40. The van der Waals surface area contributed by atoms with E-state index in [0.717, 1.165) is 0 Å². The van der Waals surface area contributed by atoms with Gasteiger partial charge in [0, 0.05) is 12.5 Å². The predicted octanol–water partition coefficient (Wildman–Crippen LogP) is 1.40. The van der Waals surface area contributed by atoms with Crippen molar-refractivity contribution in [2.24, 2.45) is 5.92 Å². The van der Waals surface area contributed by atoms with E-state index in [4.69, 9.17) is 19.7 Å². The van der Waals surface area contributed by atoms with E-state index in [0.29, 0.717) is 18.1 Å². The zero-order valence-corrected chi connectivity index (χ0v) is 9.84. The van der Waals surface area contributed by atoms with E-state index < -0.39 is 5.97 Å². The van der Waals surface area contributed by atoms with Crippen molar-refractivity contribution in [1.82, 2.24) is 0 Å². The summed E-state index contributed by atoms with van der Waals surface area (Å²) in [6.07, 6.45) is 0. The fourth-order valence-corrected chi connectivity index (χ4v) is 1.20. The Balaban J connectivity index is 2.82. The minimum absolute atomic E-state index is 0.0128. The molecule has 94 valence electrons. The number of ether oxygens (including phenoxy) is 2. The van der Waals surface area contributed by atoms with Crippen LogP contribution in [0.2, 0.25) is 0 Å². The third-order valence-corrected chi connectivity index (χ3v) is 2.25. The lowest BCUT2D eigenvalue weighted by Crippen LogP contribution is -2.12. The number of carboxylic acid groups (broad SMARTS) is 1. The first-order valence-electron chi connectivity index (χ1n) is 5.23. The average molecular weight is 240 g/mol. The van der Waals surface area contributed by atoms with Crippen LogP contribution in [0.4, 0.5) is 0 Å². The monoisotopic (exact) mass is 240 g/mol. The molecule has 0 bridgehead atoms. The summed E-state index contributed by atoms with van der Waals surface area (Å²) in [5.41, 5.74) is 0.143. The molecular weight excluding hydrogens is 224 g/mol. The maximum Gasteiger partial charge on any atom is 0.335 e. The number of benzene rings is 1. The van der Waals surface area contributed by atoms with Crippen LogP contribution in [0.1, 0.15) is 17.3 Å². The minimum Gasteiger partial charge on any atom is -0.493 e. The molecule has 1 aromatic carbocycles. The van der Waals surface area contributed by atoms with Gasteiger partial charge < -0.3 is 19.7 Å². The highest BCUT2D eigenvalue weighted by molar-refractivity contribution is 5.88. The minimum atomic E-state index is -1.02. The third-order valence-electron chi connectivity index (χ3n) is 2.25. The van der Waals surface area contributed by atoms with Crippen LogP contribution in [0.25, 0.3) is 0 Å². The number of carbonyl (C=O) groups is 1. The summed E-state index contributed by atoms with van der Waals surface area (Å²) in [4.78, 5) is 10.8. The molecule has 17 heavy (non-hydrogen) atoms. The molecule has 1 rings (SSSR count). The molecule has 0 aliphatic heterocycles. The van der Waals surface area contributed by atoms with E-state index >= 15 is 0 Å². The number of rotatable bonds is 6. The summed E-state index contributed by atoms with van der Waals surface area (Å²) >= 11 is 0. The normalized spacial score (nSPS) is 11.9. The first kappa shape index (κ1) is 13.3. The van der Waals surface area contributed by atoms with Crippen molar-refractivity contribution in [2.75, 3.05) is 20.3 Å². The van der Waals surface area contributed by atoms with Gasteiger partial charge >= 0.3 is 5.97 Å². The molecule has 0 aliphatic carbocycles. The van der Waals surface area contributed by atoms with E-state index in [1.807, 2.05) is 6.92 Å². The molecule has 0 aromatic heterocycles. The fourth-order valence-electron chi connectivity index (χ4n) is 1.20. The van der Waals surface area contributed by atoms with E-state index in [-0.39, 0.29) is 18.1 Å². The lowest BCUT2D eigenvalue weighted by Gasteiger charge is -2.13. The quantitative estimate of drug-likeness (QED) is 0.786. The molecule has 0 saturated carbocycles. The largest absolute Gasteiger partial charge is 0.493 e. The van der Waals surface area contributed by atoms with Gasteiger partial charge in [0.2, 0.25) is 0 Å². The number of methoxy groups -OCH3 is 1. The molecule has 5 nitrogen and oxygen atoms in total.